The number of piperazine rings is 1. The summed E-state index contributed by atoms with van der Waals surface area (Å²) in [6, 6.07) is -9.47. The van der Waals surface area contributed by atoms with Gasteiger partial charge in [-0.1, -0.05) is 25.3 Å². The average molecular weight is 1440 g/mol. The molecule has 0 aliphatic carbocycles. The lowest BCUT2D eigenvalue weighted by molar-refractivity contribution is -0.136. The quantitative estimate of drug-likeness (QED) is 0.0153. The molecule has 0 spiro atoms. The summed E-state index contributed by atoms with van der Waals surface area (Å²) in [4.78, 5) is 163. The number of hydrogen-bond donors (Lipinski definition) is 22. The van der Waals surface area contributed by atoms with Gasteiger partial charge in [-0.3, -0.25) is 83.0 Å². The van der Waals surface area contributed by atoms with Crippen molar-refractivity contribution in [1.82, 2.24) is 52.3 Å². The van der Waals surface area contributed by atoms with Crippen molar-refractivity contribution in [1.29, 1.82) is 0 Å². The highest BCUT2D eigenvalue weighted by molar-refractivity contribution is 5.98. The van der Waals surface area contributed by atoms with Crippen molar-refractivity contribution in [2.45, 2.75) is 190 Å². The highest BCUT2D eigenvalue weighted by atomic mass is 16.2. The Morgan fingerprint density at radius 3 is 1.08 bits per heavy atom. The minimum Gasteiger partial charge on any atom is -0.370 e. The highest BCUT2D eigenvalue weighted by Gasteiger charge is 2.37. The number of fused-ring (bicyclic) bond motifs is 1. The summed E-state index contributed by atoms with van der Waals surface area (Å²) >= 11 is 0. The van der Waals surface area contributed by atoms with Crippen molar-refractivity contribution in [3.05, 3.63) is 12.3 Å². The van der Waals surface area contributed by atoms with Gasteiger partial charge in [0.15, 0.2) is 35.8 Å². The van der Waals surface area contributed by atoms with Crippen LogP contribution >= 0.6 is 0 Å². The van der Waals surface area contributed by atoms with Gasteiger partial charge in [0, 0.05) is 78.3 Å². The van der Waals surface area contributed by atoms with Crippen LogP contribution in [-0.2, 0) is 43.2 Å². The van der Waals surface area contributed by atoms with Gasteiger partial charge >= 0.3 is 0 Å². The predicted octanol–water partition coefficient (Wildman–Crippen LogP) is -8.31. The first kappa shape index (κ1) is 85.9. The topological polar surface area (TPSA) is 720 Å². The van der Waals surface area contributed by atoms with Crippen LogP contribution < -0.4 is 123 Å². The van der Waals surface area contributed by atoms with Crippen molar-refractivity contribution >= 4 is 101 Å². The Bertz CT molecular complexity index is 2960. The Morgan fingerprint density at radius 1 is 0.412 bits per heavy atom. The lowest BCUT2D eigenvalue weighted by atomic mass is 10.0. The second-order valence-electron chi connectivity index (χ2n) is 24.8. The van der Waals surface area contributed by atoms with E-state index >= 15 is 0 Å². The molecule has 1 saturated heterocycles. The molecule has 0 bridgehead atoms. The van der Waals surface area contributed by atoms with Gasteiger partial charge in [-0.15, -0.1) is 0 Å². The van der Waals surface area contributed by atoms with Crippen LogP contribution in [0.15, 0.2) is 52.2 Å². The van der Waals surface area contributed by atoms with Crippen LogP contribution in [0.4, 0.5) is 0 Å². The number of guanidine groups is 6. The molecule has 0 radical (unpaired) electrons. The van der Waals surface area contributed by atoms with Crippen molar-refractivity contribution < 1.29 is 43.2 Å². The molecule has 41 heteroatoms. The van der Waals surface area contributed by atoms with Gasteiger partial charge in [-0.25, -0.2) is 4.99 Å². The van der Waals surface area contributed by atoms with Crippen LogP contribution in [0.1, 0.15) is 141 Å². The largest absolute Gasteiger partial charge is 0.370 e. The molecule has 41 nitrogen and oxygen atoms in total. The van der Waals surface area contributed by atoms with Gasteiger partial charge < -0.3 is 128 Å². The number of nitrogens with zero attached hydrogens (tertiary/aromatic N) is 10. The van der Waals surface area contributed by atoms with E-state index in [1.54, 1.807) is 6.34 Å². The number of unbranched alkanes of at least 4 members (excludes halogenated alkanes) is 5. The van der Waals surface area contributed by atoms with E-state index in [-0.39, 0.29) is 183 Å². The van der Waals surface area contributed by atoms with Crippen molar-refractivity contribution in [2.75, 3.05) is 72.0 Å². The monoisotopic (exact) mass is 1440 g/mol. The second kappa shape index (κ2) is 48.4. The van der Waals surface area contributed by atoms with Crippen LogP contribution in [0, 0.1) is 5.92 Å². The number of nitrogens with two attached hydrogens (primary N) is 14. The fourth-order valence-corrected chi connectivity index (χ4v) is 11.2. The molecule has 0 aromatic carbocycles. The summed E-state index contributed by atoms with van der Waals surface area (Å²) in [7, 11) is 0. The van der Waals surface area contributed by atoms with E-state index in [0.29, 0.717) is 71.2 Å². The molecule has 1 fully saturated rings. The van der Waals surface area contributed by atoms with Crippen LogP contribution in [-0.4, -0.2) is 231 Å². The van der Waals surface area contributed by atoms with Gasteiger partial charge in [0.2, 0.25) is 53.2 Å². The molecule has 0 aromatic heterocycles. The molecule has 102 heavy (non-hydrogen) atoms. The first-order valence-corrected chi connectivity index (χ1v) is 34.7. The minimum absolute atomic E-state index is 0.00205. The first-order chi connectivity index (χ1) is 48.7. The zero-order valence-corrected chi connectivity index (χ0v) is 58.5. The minimum atomic E-state index is -1.48. The number of aliphatic imine (C=N–C) groups is 8. The molecular formula is C61H114N32O9. The molecule has 2 unspecified atom stereocenters. The number of carbonyl (C=O) groups excluding carboxylic acids is 9. The Hall–Kier alpha value is -10.4. The summed E-state index contributed by atoms with van der Waals surface area (Å²) in [5, 5.41) is 22.0. The molecular weight excluding hydrogens is 1320 g/mol. The standard InChI is InChI=1S/C61H114N32O9/c62-24-7-6-14-38(47(63)96)86-51(98)40(16-9-26-78-57(66)67)88-53(100)42(18-11-28-80-59(70)71)90-55(102)44(20-13-30-82-61(74)75)91-54(101)43(19-12-29-81-60(72)73)89-52(99)41(17-10-27-79-58(68)69)87-50(97)39(15-8-25-77-56(64)65)85-45(94)21-4-2-1-3-5-22-46(95)92-32-34-93(35-33-92)49-37-23-31-76-48(37)83-36-84-49/h23,31,36-44,49H,1-22,24-30,32-35,62H2,(H2,63,96)(H,85,94)(H,86,98)(H,87,97)(H,88,100)(H,89,99)(H,90,102)(H,91,101)(H4,64,65,77)(H4,66,67,78)(H4,68,69,79)(H4,70,71,80)(H4,72,73,81)(H4,74,75,82)(H,76,83,84)/t37?,38-,39-,40-,41-,42-,43-,44-,49?/m1/s1. The number of amidine groups is 1. The fourth-order valence-electron chi connectivity index (χ4n) is 11.2. The maximum atomic E-state index is 14.8. The van der Waals surface area contributed by atoms with Gasteiger partial charge in [0.25, 0.3) is 0 Å². The number of carbonyl (C=O) groups is 9. The zero-order chi connectivity index (χ0) is 75.4. The molecule has 572 valence electrons. The number of hydrogen-bond acceptors (Lipinski definition) is 20. The van der Waals surface area contributed by atoms with E-state index in [4.69, 9.17) is 80.3 Å². The van der Waals surface area contributed by atoms with Crippen molar-refractivity contribution in [2.24, 2.45) is 126 Å². The summed E-state index contributed by atoms with van der Waals surface area (Å²) in [5.74, 6) is -6.76. The molecule has 3 rings (SSSR count). The van der Waals surface area contributed by atoms with Gasteiger partial charge in [0.05, 0.1) is 5.92 Å². The highest BCUT2D eigenvalue weighted by Crippen LogP contribution is 2.23. The third kappa shape index (κ3) is 35.6. The summed E-state index contributed by atoms with van der Waals surface area (Å²) in [6.07, 6.45) is 10.6. The Morgan fingerprint density at radius 2 is 0.735 bits per heavy atom. The lowest BCUT2D eigenvalue weighted by Crippen LogP contribution is -2.60. The Labute approximate surface area is 594 Å². The predicted molar refractivity (Wildman–Crippen MR) is 391 cm³/mol. The van der Waals surface area contributed by atoms with E-state index < -0.39 is 89.6 Å². The van der Waals surface area contributed by atoms with Crippen LogP contribution in [0.2, 0.25) is 0 Å². The maximum Gasteiger partial charge on any atom is 0.243 e. The average Bonchev–Trinajstić information content (AvgIpc) is 1.57. The van der Waals surface area contributed by atoms with Crippen LogP contribution in [0.25, 0.3) is 0 Å². The van der Waals surface area contributed by atoms with Crippen molar-refractivity contribution in [3.63, 3.8) is 0 Å². The fraction of sp³-hybridized carbons (Fsp3) is 0.689. The third-order valence-corrected chi connectivity index (χ3v) is 16.5. The van der Waals surface area contributed by atoms with Gasteiger partial charge in [-0.2, -0.15) is 0 Å². The molecule has 9 atom stereocenters. The summed E-state index contributed by atoms with van der Waals surface area (Å²) in [6.45, 7) is 3.07. The molecule has 36 N–H and O–H groups in total. The van der Waals surface area contributed by atoms with E-state index in [2.05, 4.69) is 93.4 Å². The Kier molecular flexibility index (Phi) is 40.8. The molecule has 3 aliphatic rings. The Balaban J connectivity index is 1.86. The van der Waals surface area contributed by atoms with Crippen LogP contribution in [0.5, 0.6) is 0 Å². The van der Waals surface area contributed by atoms with Crippen LogP contribution in [0.3, 0.4) is 0 Å². The first-order valence-electron chi connectivity index (χ1n) is 34.7. The molecule has 3 heterocycles. The second-order valence-corrected chi connectivity index (χ2v) is 24.8. The number of primary amides is 1. The molecule has 0 saturated carbocycles. The van der Waals surface area contributed by atoms with E-state index in [9.17, 15) is 43.2 Å². The van der Waals surface area contributed by atoms with E-state index in [1.165, 1.54) is 0 Å². The summed E-state index contributed by atoms with van der Waals surface area (Å²) in [5.41, 5.74) is 78.4. The van der Waals surface area contributed by atoms with Crippen molar-refractivity contribution in [3.8, 4) is 0 Å². The molecule has 0 aromatic rings. The summed E-state index contributed by atoms with van der Waals surface area (Å²) < 4.78 is 0. The van der Waals surface area contributed by atoms with E-state index in [0.717, 1.165) is 18.7 Å². The maximum absolute atomic E-state index is 14.8. The molecule has 9 amide bonds. The SMILES string of the molecule is NCCCC[C@@H](NC(=O)[C@@H](CCCN=C(N)N)NC(=O)[C@@H](CCCN=C(N)N)NC(=O)[C@@H](CCCN=C(N)N)NC(=O)[C@@H](CCCN=C(N)N)NC(=O)[C@@H](CCCN=C(N)N)NC(=O)[C@@H](CCCN=C(N)N)NC(=O)CCCCCCCC(=O)N1CCN(C2N=CN=C3NC=CC32)CC1)C(N)=O. The number of nitrogens with one attached hydrogen (secondary N) is 8. The lowest BCUT2D eigenvalue weighted by Gasteiger charge is -2.39. The smallest absolute Gasteiger partial charge is 0.243 e. The van der Waals surface area contributed by atoms with Gasteiger partial charge in [-0.05, 0) is 122 Å². The number of amides is 9. The van der Waals surface area contributed by atoms with Gasteiger partial charge in [0.1, 0.15) is 60.6 Å². The third-order valence-electron chi connectivity index (χ3n) is 16.5. The number of rotatable bonds is 51. The van der Waals surface area contributed by atoms with E-state index in [1.807, 2.05) is 11.1 Å². The zero-order valence-electron chi connectivity index (χ0n) is 58.5. The molecule has 3 aliphatic heterocycles. The normalized spacial score (nSPS) is 16.5.